The molecule has 21 heavy (non-hydrogen) atoms. The summed E-state index contributed by atoms with van der Waals surface area (Å²) in [5.41, 5.74) is 1.20. The van der Waals surface area contributed by atoms with Crippen LogP contribution in [0.15, 0.2) is 17.2 Å². The van der Waals surface area contributed by atoms with E-state index in [1.54, 1.807) is 12.3 Å². The zero-order valence-corrected chi connectivity index (χ0v) is 13.7. The van der Waals surface area contributed by atoms with Gasteiger partial charge in [-0.25, -0.2) is 13.1 Å². The molecule has 5 nitrogen and oxygen atoms in total. The molecule has 2 fully saturated rings. The minimum atomic E-state index is -3.39. The Balaban J connectivity index is 1.76. The Morgan fingerprint density at radius 1 is 1.38 bits per heavy atom. The second kappa shape index (κ2) is 5.41. The molecule has 118 valence electrons. The van der Waals surface area contributed by atoms with Crippen LogP contribution in [-0.4, -0.2) is 26.6 Å². The van der Waals surface area contributed by atoms with Gasteiger partial charge in [-0.15, -0.1) is 0 Å². The monoisotopic (exact) mass is 311 g/mol. The summed E-state index contributed by atoms with van der Waals surface area (Å²) in [5.74, 6) is 0. The first-order valence-corrected chi connectivity index (χ1v) is 9.27. The molecule has 1 aromatic heterocycles. The molecule has 0 aliphatic heterocycles. The van der Waals surface area contributed by atoms with Crippen LogP contribution in [0.2, 0.25) is 0 Å². The van der Waals surface area contributed by atoms with Crippen molar-refractivity contribution in [3.8, 4) is 0 Å². The second-order valence-corrected chi connectivity index (χ2v) is 8.59. The number of sulfonamides is 1. The summed E-state index contributed by atoms with van der Waals surface area (Å²) in [4.78, 5) is 0.405. The Labute approximate surface area is 127 Å². The third-order valence-corrected chi connectivity index (χ3v) is 6.13. The van der Waals surface area contributed by atoms with Crippen molar-refractivity contribution in [3.63, 3.8) is 0 Å². The van der Waals surface area contributed by atoms with Gasteiger partial charge in [0.2, 0.25) is 10.0 Å². The third-order valence-electron chi connectivity index (χ3n) is 4.76. The highest BCUT2D eigenvalue weighted by Crippen LogP contribution is 2.40. The number of nitrogens with zero attached hydrogens (tertiary/aromatic N) is 1. The number of hydrogen-bond donors (Lipinski definition) is 2. The van der Waals surface area contributed by atoms with E-state index in [0.717, 1.165) is 31.4 Å². The van der Waals surface area contributed by atoms with Crippen molar-refractivity contribution in [2.75, 3.05) is 13.6 Å². The van der Waals surface area contributed by atoms with Gasteiger partial charge in [0.15, 0.2) is 0 Å². The van der Waals surface area contributed by atoms with Crippen LogP contribution in [0.3, 0.4) is 0 Å². The fourth-order valence-corrected chi connectivity index (χ4v) is 4.22. The summed E-state index contributed by atoms with van der Waals surface area (Å²) in [6, 6.07) is 2.29. The van der Waals surface area contributed by atoms with Gasteiger partial charge in [0, 0.05) is 31.0 Å². The van der Waals surface area contributed by atoms with Gasteiger partial charge >= 0.3 is 0 Å². The normalized spacial score (nSPS) is 21.2. The fraction of sp³-hybridized carbons (Fsp3) is 0.733. The van der Waals surface area contributed by atoms with Crippen LogP contribution >= 0.6 is 0 Å². The smallest absolute Gasteiger partial charge is 0.242 e. The first-order valence-electron chi connectivity index (χ1n) is 7.79. The molecule has 1 heterocycles. The molecule has 0 aromatic carbocycles. The summed E-state index contributed by atoms with van der Waals surface area (Å²) in [7, 11) is -1.51. The topological polar surface area (TPSA) is 63.1 Å². The molecule has 2 saturated carbocycles. The van der Waals surface area contributed by atoms with Crippen molar-refractivity contribution in [2.24, 2.45) is 5.41 Å². The van der Waals surface area contributed by atoms with Crippen LogP contribution < -0.4 is 10.0 Å². The van der Waals surface area contributed by atoms with Crippen LogP contribution in [0.1, 0.15) is 50.8 Å². The highest BCUT2D eigenvalue weighted by molar-refractivity contribution is 7.89. The third kappa shape index (κ3) is 3.17. The van der Waals surface area contributed by atoms with Gasteiger partial charge in [0.1, 0.15) is 0 Å². The zero-order chi connectivity index (χ0) is 15.1. The van der Waals surface area contributed by atoms with Gasteiger partial charge in [-0.2, -0.15) is 0 Å². The maximum Gasteiger partial charge on any atom is 0.242 e. The lowest BCUT2D eigenvalue weighted by Gasteiger charge is -2.38. The van der Waals surface area contributed by atoms with E-state index in [1.165, 1.54) is 6.42 Å². The van der Waals surface area contributed by atoms with Crippen molar-refractivity contribution in [1.29, 1.82) is 0 Å². The number of nitrogens with one attached hydrogen (secondary N) is 2. The van der Waals surface area contributed by atoms with Gasteiger partial charge < -0.3 is 9.88 Å². The Hall–Kier alpha value is -0.850. The Bertz CT molecular complexity index is 613. The maximum atomic E-state index is 12.5. The lowest BCUT2D eigenvalue weighted by Crippen LogP contribution is -2.39. The Morgan fingerprint density at radius 2 is 2.10 bits per heavy atom. The molecular formula is C15H25N3O2S. The predicted octanol–water partition coefficient (Wildman–Crippen LogP) is 2.01. The molecule has 0 spiro atoms. The summed E-state index contributed by atoms with van der Waals surface area (Å²) in [6.07, 6.45) is 7.54. The van der Waals surface area contributed by atoms with Crippen LogP contribution in [-0.2, 0) is 16.6 Å². The first kappa shape index (κ1) is 15.1. The minimum absolute atomic E-state index is 0.153. The standard InChI is InChI=1S/C15H25N3O2S/c1-15(6-3-7-15)11-17-21(19,20)14-8-13(9-16-2)18(10-14)12-4-5-12/h8,10,12,16-17H,3-7,9,11H2,1-2H3. The van der Waals surface area contributed by atoms with Crippen LogP contribution in [0.4, 0.5) is 0 Å². The van der Waals surface area contributed by atoms with E-state index < -0.39 is 10.0 Å². The molecule has 0 unspecified atom stereocenters. The van der Waals surface area contributed by atoms with E-state index in [2.05, 4.69) is 21.5 Å². The quantitative estimate of drug-likeness (QED) is 0.810. The molecule has 2 aliphatic carbocycles. The van der Waals surface area contributed by atoms with E-state index in [0.29, 0.717) is 24.0 Å². The molecule has 0 atom stereocenters. The van der Waals surface area contributed by atoms with Crippen molar-refractivity contribution in [2.45, 2.75) is 56.5 Å². The van der Waals surface area contributed by atoms with Gasteiger partial charge in [-0.05, 0) is 44.2 Å². The second-order valence-electron chi connectivity index (χ2n) is 6.82. The summed E-state index contributed by atoms with van der Waals surface area (Å²) in [6.45, 7) is 3.40. The van der Waals surface area contributed by atoms with E-state index in [4.69, 9.17) is 0 Å². The molecule has 1 aromatic rings. The lowest BCUT2D eigenvalue weighted by atomic mass is 9.71. The molecule has 3 rings (SSSR count). The molecule has 6 heteroatoms. The average molecular weight is 311 g/mol. The largest absolute Gasteiger partial charge is 0.346 e. The van der Waals surface area contributed by atoms with E-state index >= 15 is 0 Å². The predicted molar refractivity (Wildman–Crippen MR) is 82.6 cm³/mol. The molecule has 0 bridgehead atoms. The van der Waals surface area contributed by atoms with Crippen molar-refractivity contribution in [3.05, 3.63) is 18.0 Å². The van der Waals surface area contributed by atoms with Crippen molar-refractivity contribution in [1.82, 2.24) is 14.6 Å². The first-order chi connectivity index (χ1) is 9.93. The van der Waals surface area contributed by atoms with Crippen LogP contribution in [0.25, 0.3) is 0 Å². The molecule has 0 amide bonds. The minimum Gasteiger partial charge on any atom is -0.346 e. The van der Waals surface area contributed by atoms with E-state index in [1.807, 2.05) is 7.05 Å². The fourth-order valence-electron chi connectivity index (χ4n) is 2.97. The number of hydrogen-bond acceptors (Lipinski definition) is 3. The molecular weight excluding hydrogens is 286 g/mol. The highest BCUT2D eigenvalue weighted by atomic mass is 32.2. The molecule has 0 radical (unpaired) electrons. The zero-order valence-electron chi connectivity index (χ0n) is 12.9. The SMILES string of the molecule is CNCc1cc(S(=O)(=O)NCC2(C)CCC2)cn1C1CC1. The van der Waals surface area contributed by atoms with Crippen LogP contribution in [0, 0.1) is 5.41 Å². The molecule has 2 N–H and O–H groups in total. The highest BCUT2D eigenvalue weighted by Gasteiger charge is 2.34. The summed E-state index contributed by atoms with van der Waals surface area (Å²) >= 11 is 0. The molecule has 0 saturated heterocycles. The Morgan fingerprint density at radius 3 is 2.62 bits per heavy atom. The lowest BCUT2D eigenvalue weighted by molar-refractivity contribution is 0.166. The van der Waals surface area contributed by atoms with Gasteiger partial charge in [0.25, 0.3) is 0 Å². The van der Waals surface area contributed by atoms with Crippen molar-refractivity contribution < 1.29 is 8.42 Å². The van der Waals surface area contributed by atoms with E-state index in [-0.39, 0.29) is 5.41 Å². The van der Waals surface area contributed by atoms with Gasteiger partial charge in [-0.3, -0.25) is 0 Å². The van der Waals surface area contributed by atoms with Gasteiger partial charge in [-0.1, -0.05) is 13.3 Å². The molecule has 2 aliphatic rings. The number of rotatable bonds is 7. The maximum absolute atomic E-state index is 12.5. The summed E-state index contributed by atoms with van der Waals surface area (Å²) in [5, 5.41) is 3.11. The Kier molecular flexibility index (Phi) is 3.88. The number of aromatic nitrogens is 1. The van der Waals surface area contributed by atoms with E-state index in [9.17, 15) is 8.42 Å². The van der Waals surface area contributed by atoms with Gasteiger partial charge in [0.05, 0.1) is 4.90 Å². The van der Waals surface area contributed by atoms with Crippen molar-refractivity contribution >= 4 is 10.0 Å². The summed E-state index contributed by atoms with van der Waals surface area (Å²) < 4.78 is 29.9. The van der Waals surface area contributed by atoms with Crippen LogP contribution in [0.5, 0.6) is 0 Å². The average Bonchev–Trinajstić information content (AvgIpc) is 3.16.